The van der Waals surface area contributed by atoms with Crippen LogP contribution in [0.25, 0.3) is 0 Å². The van der Waals surface area contributed by atoms with Crippen molar-refractivity contribution < 1.29 is 0 Å². The standard InChI is InChI=1S/C21H20NSi/c23-21-14-8-7-13-20(21)17-22(15-18-9-3-1-4-10-18)16-19-11-5-2-6-12-19/h1-14H,15-17H2. The van der Waals surface area contributed by atoms with Crippen LogP contribution >= 0.6 is 0 Å². The van der Waals surface area contributed by atoms with Crippen molar-refractivity contribution in [3.05, 3.63) is 102 Å². The quantitative estimate of drug-likeness (QED) is 0.627. The van der Waals surface area contributed by atoms with Gasteiger partial charge in [-0.2, -0.15) is 0 Å². The van der Waals surface area contributed by atoms with E-state index in [1.165, 1.54) is 21.9 Å². The molecule has 0 fully saturated rings. The van der Waals surface area contributed by atoms with Gasteiger partial charge in [0, 0.05) is 19.6 Å². The van der Waals surface area contributed by atoms with Crippen LogP contribution < -0.4 is 5.19 Å². The molecule has 23 heavy (non-hydrogen) atoms. The third-order valence-corrected chi connectivity index (χ3v) is 4.40. The van der Waals surface area contributed by atoms with Crippen LogP contribution in [0.4, 0.5) is 0 Å². The van der Waals surface area contributed by atoms with E-state index in [0.29, 0.717) is 0 Å². The minimum atomic E-state index is 0.920. The minimum absolute atomic E-state index is 0.920. The van der Waals surface area contributed by atoms with Gasteiger partial charge in [0.15, 0.2) is 0 Å². The fourth-order valence-corrected chi connectivity index (χ4v) is 3.01. The molecule has 0 amide bonds. The molecule has 1 nitrogen and oxygen atoms in total. The molecule has 0 unspecified atom stereocenters. The lowest BCUT2D eigenvalue weighted by Crippen LogP contribution is -2.25. The van der Waals surface area contributed by atoms with Crippen LogP contribution in [-0.2, 0) is 19.6 Å². The van der Waals surface area contributed by atoms with Gasteiger partial charge in [0.1, 0.15) is 0 Å². The van der Waals surface area contributed by atoms with Crippen LogP contribution in [0.3, 0.4) is 0 Å². The number of hydrogen-bond donors (Lipinski definition) is 0. The van der Waals surface area contributed by atoms with Gasteiger partial charge < -0.3 is 0 Å². The predicted molar refractivity (Wildman–Crippen MR) is 97.7 cm³/mol. The zero-order valence-electron chi connectivity index (χ0n) is 13.2. The third-order valence-electron chi connectivity index (χ3n) is 3.91. The van der Waals surface area contributed by atoms with Crippen LogP contribution in [0.5, 0.6) is 0 Å². The van der Waals surface area contributed by atoms with Crippen LogP contribution in [0, 0.1) is 0 Å². The molecule has 0 heterocycles. The van der Waals surface area contributed by atoms with Crippen molar-refractivity contribution in [2.75, 3.05) is 0 Å². The summed E-state index contributed by atoms with van der Waals surface area (Å²) in [6, 6.07) is 29.8. The summed E-state index contributed by atoms with van der Waals surface area (Å²) in [6.45, 7) is 2.80. The van der Waals surface area contributed by atoms with Gasteiger partial charge in [0.2, 0.25) is 0 Å². The maximum atomic E-state index is 3.72. The van der Waals surface area contributed by atoms with E-state index in [9.17, 15) is 0 Å². The van der Waals surface area contributed by atoms with Crippen LogP contribution in [0.1, 0.15) is 16.7 Å². The normalized spacial score (nSPS) is 10.9. The number of benzene rings is 3. The van der Waals surface area contributed by atoms with Crippen molar-refractivity contribution in [3.63, 3.8) is 0 Å². The average molecular weight is 314 g/mol. The monoisotopic (exact) mass is 314 g/mol. The second kappa shape index (κ2) is 7.91. The molecule has 3 aromatic carbocycles. The van der Waals surface area contributed by atoms with Crippen molar-refractivity contribution in [2.24, 2.45) is 0 Å². The lowest BCUT2D eigenvalue weighted by molar-refractivity contribution is 0.248. The highest BCUT2D eigenvalue weighted by atomic mass is 28.1. The Kier molecular flexibility index (Phi) is 5.40. The molecule has 0 aliphatic heterocycles. The van der Waals surface area contributed by atoms with Gasteiger partial charge in [0.05, 0.1) is 10.2 Å². The fraction of sp³-hybridized carbons (Fsp3) is 0.143. The Bertz CT molecular complexity index is 684. The minimum Gasteiger partial charge on any atom is -0.291 e. The zero-order valence-corrected chi connectivity index (χ0v) is 14.2. The number of hydrogen-bond acceptors (Lipinski definition) is 1. The van der Waals surface area contributed by atoms with Gasteiger partial charge in [-0.15, -0.1) is 0 Å². The maximum Gasteiger partial charge on any atom is 0.0716 e. The summed E-state index contributed by atoms with van der Waals surface area (Å²) in [4.78, 5) is 2.48. The van der Waals surface area contributed by atoms with E-state index >= 15 is 0 Å². The van der Waals surface area contributed by atoms with E-state index in [2.05, 4.69) is 100 Å². The summed E-state index contributed by atoms with van der Waals surface area (Å²) in [5.74, 6) is 0. The highest BCUT2D eigenvalue weighted by Crippen LogP contribution is 2.13. The fourth-order valence-electron chi connectivity index (χ4n) is 2.75. The molecule has 0 saturated carbocycles. The van der Waals surface area contributed by atoms with E-state index < -0.39 is 0 Å². The second-order valence-corrected chi connectivity index (χ2v) is 6.31. The molecule has 113 valence electrons. The highest BCUT2D eigenvalue weighted by molar-refractivity contribution is 6.33. The lowest BCUT2D eigenvalue weighted by Gasteiger charge is -2.23. The molecule has 0 aromatic heterocycles. The van der Waals surface area contributed by atoms with Gasteiger partial charge >= 0.3 is 0 Å². The lowest BCUT2D eigenvalue weighted by atomic mass is 10.1. The maximum absolute atomic E-state index is 3.72. The summed E-state index contributed by atoms with van der Waals surface area (Å²) < 4.78 is 0. The third kappa shape index (κ3) is 4.65. The molecule has 0 spiro atoms. The second-order valence-electron chi connectivity index (χ2n) is 5.77. The van der Waals surface area contributed by atoms with E-state index in [-0.39, 0.29) is 0 Å². The molecule has 0 N–H and O–H groups in total. The summed E-state index contributed by atoms with van der Waals surface area (Å²) >= 11 is 0. The Hall–Kier alpha value is -2.16. The van der Waals surface area contributed by atoms with Gasteiger partial charge in [0.25, 0.3) is 0 Å². The Balaban J connectivity index is 1.79. The molecule has 0 aliphatic carbocycles. The largest absolute Gasteiger partial charge is 0.291 e. The first-order valence-electron chi connectivity index (χ1n) is 7.91. The van der Waals surface area contributed by atoms with Crippen molar-refractivity contribution in [2.45, 2.75) is 19.6 Å². The molecule has 0 atom stereocenters. The van der Waals surface area contributed by atoms with Crippen molar-refractivity contribution in [1.82, 2.24) is 4.90 Å². The Morgan fingerprint density at radius 2 is 1.04 bits per heavy atom. The van der Waals surface area contributed by atoms with Gasteiger partial charge in [-0.05, 0) is 16.7 Å². The van der Waals surface area contributed by atoms with Crippen molar-refractivity contribution in [1.29, 1.82) is 0 Å². The predicted octanol–water partition coefficient (Wildman–Crippen LogP) is 3.68. The Morgan fingerprint density at radius 1 is 0.565 bits per heavy atom. The molecular formula is C21H20NSi. The van der Waals surface area contributed by atoms with E-state index in [0.717, 1.165) is 19.6 Å². The van der Waals surface area contributed by atoms with E-state index in [1.807, 2.05) is 0 Å². The topological polar surface area (TPSA) is 3.24 Å². The molecule has 3 radical (unpaired) electrons. The summed E-state index contributed by atoms with van der Waals surface area (Å²) in [5, 5.41) is 1.17. The number of nitrogens with zero attached hydrogens (tertiary/aromatic N) is 1. The zero-order chi connectivity index (χ0) is 15.9. The first kappa shape index (κ1) is 15.7. The van der Waals surface area contributed by atoms with Crippen LogP contribution in [0.15, 0.2) is 84.9 Å². The van der Waals surface area contributed by atoms with Crippen molar-refractivity contribution >= 4 is 15.4 Å². The van der Waals surface area contributed by atoms with Gasteiger partial charge in [-0.3, -0.25) is 4.90 Å². The molecule has 0 aliphatic rings. The Labute approximate surface area is 142 Å². The van der Waals surface area contributed by atoms with Crippen LogP contribution in [0.2, 0.25) is 0 Å². The summed E-state index contributed by atoms with van der Waals surface area (Å²) in [7, 11) is 3.72. The number of rotatable bonds is 6. The van der Waals surface area contributed by atoms with Gasteiger partial charge in [-0.25, -0.2) is 0 Å². The molecule has 0 bridgehead atoms. The SMILES string of the molecule is [Si]c1ccccc1CN(Cc1ccccc1)Cc1ccccc1. The summed E-state index contributed by atoms with van der Waals surface area (Å²) in [5.41, 5.74) is 4.00. The molecule has 3 rings (SSSR count). The Morgan fingerprint density at radius 3 is 1.57 bits per heavy atom. The molecule has 2 heteroatoms. The van der Waals surface area contributed by atoms with Crippen LogP contribution in [-0.4, -0.2) is 15.1 Å². The first-order valence-corrected chi connectivity index (χ1v) is 8.41. The molecular weight excluding hydrogens is 294 g/mol. The summed E-state index contributed by atoms with van der Waals surface area (Å²) in [6.07, 6.45) is 0. The first-order chi connectivity index (χ1) is 11.3. The van der Waals surface area contributed by atoms with E-state index in [1.54, 1.807) is 0 Å². The average Bonchev–Trinajstić information content (AvgIpc) is 2.59. The molecule has 3 aromatic rings. The van der Waals surface area contributed by atoms with Gasteiger partial charge in [-0.1, -0.05) is 90.1 Å². The molecule has 0 saturated heterocycles. The highest BCUT2D eigenvalue weighted by Gasteiger charge is 2.09. The smallest absolute Gasteiger partial charge is 0.0716 e. The van der Waals surface area contributed by atoms with Crippen molar-refractivity contribution in [3.8, 4) is 0 Å². The van der Waals surface area contributed by atoms with E-state index in [4.69, 9.17) is 0 Å².